The van der Waals surface area contributed by atoms with Crippen LogP contribution in [-0.2, 0) is 0 Å². The van der Waals surface area contributed by atoms with Gasteiger partial charge < -0.3 is 15.0 Å². The number of hydrogen-bond donors (Lipinski definition) is 1. The third-order valence-electron chi connectivity index (χ3n) is 3.33. The van der Waals surface area contributed by atoms with Crippen molar-refractivity contribution in [2.24, 2.45) is 0 Å². The molecule has 1 amide bonds. The number of amides is 1. The van der Waals surface area contributed by atoms with E-state index < -0.39 is 0 Å². The molecule has 0 fully saturated rings. The summed E-state index contributed by atoms with van der Waals surface area (Å²) in [4.78, 5) is 15.3. The Bertz CT molecular complexity index is 615. The summed E-state index contributed by atoms with van der Waals surface area (Å²) in [5, 5.41) is 2.90. The van der Waals surface area contributed by atoms with E-state index >= 15 is 0 Å². The van der Waals surface area contributed by atoms with E-state index in [0.717, 1.165) is 18.0 Å². The minimum atomic E-state index is -0.0527. The molecule has 2 aromatic carbocycles. The van der Waals surface area contributed by atoms with Crippen molar-refractivity contribution < 1.29 is 9.53 Å². The smallest absolute Gasteiger partial charge is 0.251 e. The van der Waals surface area contributed by atoms with Crippen LogP contribution in [0.15, 0.2) is 59.5 Å². The first-order valence-corrected chi connectivity index (χ1v) is 8.97. The largest absolute Gasteiger partial charge is 0.493 e. The molecular formula is C19H24N2O2S. The highest BCUT2D eigenvalue weighted by atomic mass is 32.2. The Morgan fingerprint density at radius 1 is 1.08 bits per heavy atom. The molecule has 0 aliphatic heterocycles. The maximum Gasteiger partial charge on any atom is 0.251 e. The van der Waals surface area contributed by atoms with Gasteiger partial charge in [-0.3, -0.25) is 4.79 Å². The molecule has 128 valence electrons. The molecule has 0 radical (unpaired) electrons. The molecule has 0 aromatic heterocycles. The Balaban J connectivity index is 1.70. The van der Waals surface area contributed by atoms with Crippen molar-refractivity contribution in [2.45, 2.75) is 4.90 Å². The first-order chi connectivity index (χ1) is 11.6. The van der Waals surface area contributed by atoms with Gasteiger partial charge in [-0.05, 0) is 50.5 Å². The minimum Gasteiger partial charge on any atom is -0.493 e. The zero-order valence-corrected chi connectivity index (χ0v) is 15.0. The molecule has 0 saturated carbocycles. The molecule has 0 bridgehead atoms. The van der Waals surface area contributed by atoms with Crippen molar-refractivity contribution in [2.75, 3.05) is 39.5 Å². The van der Waals surface area contributed by atoms with Crippen LogP contribution in [0.3, 0.4) is 0 Å². The predicted octanol–water partition coefficient (Wildman–Crippen LogP) is 3.15. The number of benzene rings is 2. The van der Waals surface area contributed by atoms with Crippen molar-refractivity contribution >= 4 is 17.7 Å². The second-order valence-electron chi connectivity index (χ2n) is 5.59. The lowest BCUT2D eigenvalue weighted by molar-refractivity contribution is 0.0951. The number of carbonyl (C=O) groups excluding carboxylic acids is 1. The van der Waals surface area contributed by atoms with Gasteiger partial charge in [-0.1, -0.05) is 18.2 Å². The fourth-order valence-corrected chi connectivity index (χ4v) is 2.79. The van der Waals surface area contributed by atoms with Gasteiger partial charge in [0.15, 0.2) is 0 Å². The highest BCUT2D eigenvalue weighted by Gasteiger charge is 2.05. The van der Waals surface area contributed by atoms with E-state index in [1.807, 2.05) is 49.3 Å². The molecule has 0 aliphatic rings. The van der Waals surface area contributed by atoms with E-state index in [-0.39, 0.29) is 5.91 Å². The van der Waals surface area contributed by atoms with Crippen LogP contribution in [-0.4, -0.2) is 50.4 Å². The van der Waals surface area contributed by atoms with E-state index in [0.29, 0.717) is 18.7 Å². The predicted molar refractivity (Wildman–Crippen MR) is 100.0 cm³/mol. The molecule has 4 nitrogen and oxygen atoms in total. The molecule has 0 heterocycles. The molecule has 24 heavy (non-hydrogen) atoms. The lowest BCUT2D eigenvalue weighted by atomic mass is 10.2. The summed E-state index contributed by atoms with van der Waals surface area (Å²) in [5.41, 5.74) is 0.653. The zero-order valence-electron chi connectivity index (χ0n) is 14.2. The first kappa shape index (κ1) is 18.4. The topological polar surface area (TPSA) is 41.6 Å². The molecule has 1 N–H and O–H groups in total. The lowest BCUT2D eigenvalue weighted by Gasteiger charge is -2.11. The van der Waals surface area contributed by atoms with Crippen LogP contribution in [0, 0.1) is 0 Å². The number of thioether (sulfide) groups is 1. The van der Waals surface area contributed by atoms with Gasteiger partial charge in [-0.2, -0.15) is 0 Å². The molecule has 5 heteroatoms. The summed E-state index contributed by atoms with van der Waals surface area (Å²) in [7, 11) is 3.96. The average Bonchev–Trinajstić information content (AvgIpc) is 2.60. The second-order valence-corrected chi connectivity index (χ2v) is 6.76. The Labute approximate surface area is 148 Å². The Morgan fingerprint density at radius 2 is 1.79 bits per heavy atom. The maximum atomic E-state index is 12.0. The summed E-state index contributed by atoms with van der Waals surface area (Å²) in [5.74, 6) is 1.62. The number of rotatable bonds is 9. The van der Waals surface area contributed by atoms with Crippen LogP contribution in [0.2, 0.25) is 0 Å². The van der Waals surface area contributed by atoms with Crippen LogP contribution in [0.1, 0.15) is 10.4 Å². The molecule has 0 unspecified atom stereocenters. The van der Waals surface area contributed by atoms with E-state index in [2.05, 4.69) is 17.4 Å². The first-order valence-electron chi connectivity index (χ1n) is 7.99. The van der Waals surface area contributed by atoms with Crippen molar-refractivity contribution in [3.05, 3.63) is 60.2 Å². The molecule has 0 saturated heterocycles. The number of likely N-dealkylation sites (N-methyl/N-ethyl adjacent to an activating group) is 1. The van der Waals surface area contributed by atoms with Gasteiger partial charge in [0, 0.05) is 29.3 Å². The van der Waals surface area contributed by atoms with Crippen molar-refractivity contribution in [1.29, 1.82) is 0 Å². The van der Waals surface area contributed by atoms with Crippen LogP contribution >= 0.6 is 11.8 Å². The van der Waals surface area contributed by atoms with E-state index in [4.69, 9.17) is 4.74 Å². The molecular weight excluding hydrogens is 320 g/mol. The fourth-order valence-electron chi connectivity index (χ4n) is 2.03. The van der Waals surface area contributed by atoms with Crippen molar-refractivity contribution in [1.82, 2.24) is 10.2 Å². The van der Waals surface area contributed by atoms with E-state index in [1.165, 1.54) is 4.90 Å². The summed E-state index contributed by atoms with van der Waals surface area (Å²) in [6.07, 6.45) is 0. The number of hydrogen-bond acceptors (Lipinski definition) is 4. The van der Waals surface area contributed by atoms with Gasteiger partial charge in [0.05, 0.1) is 6.61 Å². The van der Waals surface area contributed by atoms with Crippen LogP contribution in [0.5, 0.6) is 5.75 Å². The number of nitrogens with zero attached hydrogens (tertiary/aromatic N) is 1. The maximum absolute atomic E-state index is 12.0. The van der Waals surface area contributed by atoms with Crippen molar-refractivity contribution in [3.63, 3.8) is 0 Å². The third-order valence-corrected chi connectivity index (χ3v) is 4.30. The quantitative estimate of drug-likeness (QED) is 0.560. The Kier molecular flexibility index (Phi) is 7.65. The highest BCUT2D eigenvalue weighted by Crippen LogP contribution is 2.18. The van der Waals surface area contributed by atoms with E-state index in [9.17, 15) is 4.79 Å². The fraction of sp³-hybridized carbons (Fsp3) is 0.316. The van der Waals surface area contributed by atoms with Gasteiger partial charge in [-0.25, -0.2) is 0 Å². The molecule has 0 aliphatic carbocycles. The summed E-state index contributed by atoms with van der Waals surface area (Å²) in [6, 6.07) is 17.5. The monoisotopic (exact) mass is 344 g/mol. The SMILES string of the molecule is CN(C)CCNC(=O)c1ccc(OCCSc2ccccc2)cc1. The Morgan fingerprint density at radius 3 is 2.46 bits per heavy atom. The van der Waals surface area contributed by atoms with Crippen molar-refractivity contribution in [3.8, 4) is 5.75 Å². The summed E-state index contributed by atoms with van der Waals surface area (Å²) >= 11 is 1.77. The highest BCUT2D eigenvalue weighted by molar-refractivity contribution is 7.99. The van der Waals surface area contributed by atoms with Crippen LogP contribution in [0.25, 0.3) is 0 Å². The van der Waals surface area contributed by atoms with E-state index in [1.54, 1.807) is 23.9 Å². The van der Waals surface area contributed by atoms with Gasteiger partial charge in [-0.15, -0.1) is 11.8 Å². The lowest BCUT2D eigenvalue weighted by Crippen LogP contribution is -2.31. The normalized spacial score (nSPS) is 10.6. The number of ether oxygens (including phenoxy) is 1. The molecule has 2 aromatic rings. The third kappa shape index (κ3) is 6.64. The second kappa shape index (κ2) is 10.0. The molecule has 0 atom stereocenters. The van der Waals surface area contributed by atoms with Gasteiger partial charge in [0.25, 0.3) is 5.91 Å². The van der Waals surface area contributed by atoms with Gasteiger partial charge >= 0.3 is 0 Å². The van der Waals surface area contributed by atoms with Crippen LogP contribution < -0.4 is 10.1 Å². The standard InChI is InChI=1S/C19H24N2O2S/c1-21(2)13-12-20-19(22)16-8-10-17(11-9-16)23-14-15-24-18-6-4-3-5-7-18/h3-11H,12-15H2,1-2H3,(H,20,22). The van der Waals surface area contributed by atoms with Crippen LogP contribution in [0.4, 0.5) is 0 Å². The molecule has 2 rings (SSSR count). The zero-order chi connectivity index (χ0) is 17.2. The number of carbonyl (C=O) groups is 1. The minimum absolute atomic E-state index is 0.0527. The van der Waals surface area contributed by atoms with Gasteiger partial charge in [0.2, 0.25) is 0 Å². The average molecular weight is 344 g/mol. The molecule has 0 spiro atoms. The Hall–Kier alpha value is -1.98. The van der Waals surface area contributed by atoms with Gasteiger partial charge in [0.1, 0.15) is 5.75 Å². The summed E-state index contributed by atoms with van der Waals surface area (Å²) < 4.78 is 5.72. The number of nitrogens with one attached hydrogen (secondary N) is 1. The summed E-state index contributed by atoms with van der Waals surface area (Å²) in [6.45, 7) is 2.10.